The molecule has 3 N–H and O–H groups in total. The topological polar surface area (TPSA) is 49.5 Å². The highest BCUT2D eigenvalue weighted by atomic mass is 35.5. The van der Waals surface area contributed by atoms with E-state index in [1.54, 1.807) is 0 Å². The van der Waals surface area contributed by atoms with Crippen LogP contribution in [0.5, 0.6) is 0 Å². The minimum Gasteiger partial charge on any atom is -0.393 e. The van der Waals surface area contributed by atoms with Crippen LogP contribution < -0.4 is 10.6 Å². The van der Waals surface area contributed by atoms with Gasteiger partial charge >= 0.3 is 0 Å². The maximum absolute atomic E-state index is 9.81. The van der Waals surface area contributed by atoms with E-state index in [2.05, 4.69) is 4.90 Å². The SMILES string of the molecule is CCC(O)CC1CC(N)CN(c2ccc(Cl)cc2)C1. The molecule has 3 atom stereocenters. The summed E-state index contributed by atoms with van der Waals surface area (Å²) >= 11 is 5.92. The first-order chi connectivity index (χ1) is 9.08. The highest BCUT2D eigenvalue weighted by Crippen LogP contribution is 2.26. The van der Waals surface area contributed by atoms with E-state index < -0.39 is 0 Å². The van der Waals surface area contributed by atoms with Crippen LogP contribution in [0.25, 0.3) is 0 Å². The molecule has 0 bridgehead atoms. The summed E-state index contributed by atoms with van der Waals surface area (Å²) in [4.78, 5) is 2.30. The van der Waals surface area contributed by atoms with Crippen molar-refractivity contribution in [2.24, 2.45) is 11.7 Å². The van der Waals surface area contributed by atoms with Crippen LogP contribution in [-0.4, -0.2) is 30.3 Å². The molecule has 0 spiro atoms. The van der Waals surface area contributed by atoms with Gasteiger partial charge in [-0.1, -0.05) is 18.5 Å². The standard InChI is InChI=1S/C15H23ClN2O/c1-2-15(19)8-11-7-13(17)10-18(9-11)14-5-3-12(16)4-6-14/h3-6,11,13,15,19H,2,7-10,17H2,1H3. The van der Waals surface area contributed by atoms with E-state index in [4.69, 9.17) is 17.3 Å². The molecule has 1 aromatic carbocycles. The third-order valence-corrected chi connectivity index (χ3v) is 4.09. The van der Waals surface area contributed by atoms with Crippen LogP contribution in [0, 0.1) is 5.92 Å². The summed E-state index contributed by atoms with van der Waals surface area (Å²) < 4.78 is 0. The molecule has 0 aliphatic carbocycles. The molecule has 2 rings (SSSR count). The number of hydrogen-bond acceptors (Lipinski definition) is 3. The van der Waals surface area contributed by atoms with Crippen LogP contribution in [0.3, 0.4) is 0 Å². The molecule has 1 aliphatic heterocycles. The van der Waals surface area contributed by atoms with Gasteiger partial charge in [-0.25, -0.2) is 0 Å². The number of halogens is 1. The zero-order chi connectivity index (χ0) is 13.8. The Bertz CT molecular complexity index is 396. The second kappa shape index (κ2) is 6.60. The molecule has 1 aromatic rings. The zero-order valence-corrected chi connectivity index (χ0v) is 12.2. The van der Waals surface area contributed by atoms with Gasteiger partial charge in [-0.05, 0) is 49.4 Å². The quantitative estimate of drug-likeness (QED) is 0.893. The van der Waals surface area contributed by atoms with E-state index in [1.807, 2.05) is 31.2 Å². The lowest BCUT2D eigenvalue weighted by Gasteiger charge is -2.38. The fraction of sp³-hybridized carbons (Fsp3) is 0.600. The Kier molecular flexibility index (Phi) is 5.08. The number of piperidine rings is 1. The summed E-state index contributed by atoms with van der Waals surface area (Å²) in [6.45, 7) is 3.86. The van der Waals surface area contributed by atoms with E-state index in [0.717, 1.165) is 43.1 Å². The van der Waals surface area contributed by atoms with Gasteiger partial charge < -0.3 is 15.7 Å². The van der Waals surface area contributed by atoms with Crippen LogP contribution in [0.4, 0.5) is 5.69 Å². The first-order valence-electron chi connectivity index (χ1n) is 7.02. The molecule has 0 amide bonds. The molecule has 106 valence electrons. The summed E-state index contributed by atoms with van der Waals surface area (Å²) in [5.74, 6) is 0.467. The van der Waals surface area contributed by atoms with E-state index in [0.29, 0.717) is 5.92 Å². The predicted molar refractivity (Wildman–Crippen MR) is 80.7 cm³/mol. The van der Waals surface area contributed by atoms with Gasteiger partial charge in [-0.2, -0.15) is 0 Å². The Morgan fingerprint density at radius 3 is 2.68 bits per heavy atom. The Labute approximate surface area is 120 Å². The molecule has 4 heteroatoms. The average Bonchev–Trinajstić information content (AvgIpc) is 2.38. The average molecular weight is 283 g/mol. The minimum atomic E-state index is -0.206. The summed E-state index contributed by atoms with van der Waals surface area (Å²) in [7, 11) is 0. The maximum Gasteiger partial charge on any atom is 0.0541 e. The van der Waals surface area contributed by atoms with Crippen molar-refractivity contribution in [2.75, 3.05) is 18.0 Å². The first-order valence-corrected chi connectivity index (χ1v) is 7.40. The van der Waals surface area contributed by atoms with Crippen LogP contribution in [0.1, 0.15) is 26.2 Å². The van der Waals surface area contributed by atoms with Gasteiger partial charge in [0.25, 0.3) is 0 Å². The van der Waals surface area contributed by atoms with Gasteiger partial charge in [-0.15, -0.1) is 0 Å². The molecule has 1 aliphatic rings. The molecular weight excluding hydrogens is 260 g/mol. The number of aliphatic hydroxyl groups is 1. The largest absolute Gasteiger partial charge is 0.393 e. The highest BCUT2D eigenvalue weighted by Gasteiger charge is 2.26. The van der Waals surface area contributed by atoms with Gasteiger partial charge in [-0.3, -0.25) is 0 Å². The lowest BCUT2D eigenvalue weighted by molar-refractivity contribution is 0.131. The number of nitrogens with two attached hydrogens (primary N) is 1. The van der Waals surface area contributed by atoms with E-state index in [-0.39, 0.29) is 12.1 Å². The number of nitrogens with zero attached hydrogens (tertiary/aromatic N) is 1. The summed E-state index contributed by atoms with van der Waals surface area (Å²) in [5, 5.41) is 10.6. The number of aliphatic hydroxyl groups excluding tert-OH is 1. The van der Waals surface area contributed by atoms with Gasteiger partial charge in [0.15, 0.2) is 0 Å². The van der Waals surface area contributed by atoms with Crippen LogP contribution >= 0.6 is 11.6 Å². The smallest absolute Gasteiger partial charge is 0.0541 e. The van der Waals surface area contributed by atoms with Gasteiger partial charge in [0.2, 0.25) is 0 Å². The van der Waals surface area contributed by atoms with Crippen LogP contribution in [0.15, 0.2) is 24.3 Å². The van der Waals surface area contributed by atoms with Crippen LogP contribution in [-0.2, 0) is 0 Å². The number of hydrogen-bond donors (Lipinski definition) is 2. The van der Waals surface area contributed by atoms with Crippen LogP contribution in [0.2, 0.25) is 5.02 Å². The summed E-state index contributed by atoms with van der Waals surface area (Å²) in [5.41, 5.74) is 7.31. The minimum absolute atomic E-state index is 0.179. The van der Waals surface area contributed by atoms with Crippen molar-refractivity contribution in [3.8, 4) is 0 Å². The zero-order valence-electron chi connectivity index (χ0n) is 11.4. The fourth-order valence-electron chi connectivity index (χ4n) is 2.83. The fourth-order valence-corrected chi connectivity index (χ4v) is 2.96. The number of rotatable bonds is 4. The third-order valence-electron chi connectivity index (χ3n) is 3.84. The Morgan fingerprint density at radius 2 is 2.05 bits per heavy atom. The lowest BCUT2D eigenvalue weighted by atomic mass is 9.89. The molecule has 0 saturated carbocycles. The van der Waals surface area contributed by atoms with Crippen molar-refractivity contribution in [1.29, 1.82) is 0 Å². The van der Waals surface area contributed by atoms with E-state index in [1.165, 1.54) is 0 Å². The molecule has 1 fully saturated rings. The molecule has 3 unspecified atom stereocenters. The van der Waals surface area contributed by atoms with Crippen molar-refractivity contribution < 1.29 is 5.11 Å². The predicted octanol–water partition coefficient (Wildman–Crippen LogP) is 2.65. The molecule has 3 nitrogen and oxygen atoms in total. The third kappa shape index (κ3) is 4.10. The molecular formula is C15H23ClN2O. The Balaban J connectivity index is 2.03. The molecule has 1 heterocycles. The summed E-state index contributed by atoms with van der Waals surface area (Å²) in [6.07, 6.45) is 2.45. The lowest BCUT2D eigenvalue weighted by Crippen LogP contribution is -2.47. The van der Waals surface area contributed by atoms with E-state index in [9.17, 15) is 5.11 Å². The summed E-state index contributed by atoms with van der Waals surface area (Å²) in [6, 6.07) is 8.07. The van der Waals surface area contributed by atoms with Gasteiger partial charge in [0, 0.05) is 29.8 Å². The molecule has 1 saturated heterocycles. The Hall–Kier alpha value is -0.770. The second-order valence-electron chi connectivity index (χ2n) is 5.54. The molecule has 0 radical (unpaired) electrons. The van der Waals surface area contributed by atoms with Crippen molar-refractivity contribution in [3.63, 3.8) is 0 Å². The van der Waals surface area contributed by atoms with Crippen molar-refractivity contribution in [2.45, 2.75) is 38.3 Å². The van der Waals surface area contributed by atoms with Crippen molar-refractivity contribution >= 4 is 17.3 Å². The monoisotopic (exact) mass is 282 g/mol. The Morgan fingerprint density at radius 1 is 1.37 bits per heavy atom. The highest BCUT2D eigenvalue weighted by molar-refractivity contribution is 6.30. The maximum atomic E-state index is 9.81. The van der Waals surface area contributed by atoms with Crippen molar-refractivity contribution in [1.82, 2.24) is 0 Å². The van der Waals surface area contributed by atoms with Gasteiger partial charge in [0.1, 0.15) is 0 Å². The number of benzene rings is 1. The van der Waals surface area contributed by atoms with Crippen molar-refractivity contribution in [3.05, 3.63) is 29.3 Å². The molecule has 0 aromatic heterocycles. The first kappa shape index (κ1) is 14.6. The second-order valence-corrected chi connectivity index (χ2v) is 5.98. The normalized spacial score (nSPS) is 25.4. The molecule has 19 heavy (non-hydrogen) atoms. The number of anilines is 1. The van der Waals surface area contributed by atoms with Gasteiger partial charge in [0.05, 0.1) is 6.10 Å². The van der Waals surface area contributed by atoms with E-state index >= 15 is 0 Å².